The zero-order valence-corrected chi connectivity index (χ0v) is 13.4. The van der Waals surface area contributed by atoms with Gasteiger partial charge >= 0.3 is 0 Å². The van der Waals surface area contributed by atoms with Crippen LogP contribution in [-0.4, -0.2) is 10.9 Å². The Labute approximate surface area is 124 Å². The quantitative estimate of drug-likeness (QED) is 0.844. The molecule has 2 saturated carbocycles. The third kappa shape index (κ3) is 2.53. The van der Waals surface area contributed by atoms with Crippen LogP contribution in [0.2, 0.25) is 0 Å². The highest BCUT2D eigenvalue weighted by Gasteiger charge is 2.60. The standard InChI is InChI=1S/C16H22N2OS/c1-9(2)7-11-13(16(11,3)4)14(19)18-15-17-12(8-20-15)10-5-6-10/h7-8,10-11,13H,5-6H2,1-4H3,(H,17,18,19)/t11-,13-/m1/s1. The van der Waals surface area contributed by atoms with Gasteiger partial charge in [0, 0.05) is 11.3 Å². The third-order valence-electron chi connectivity index (χ3n) is 4.45. The smallest absolute Gasteiger partial charge is 0.230 e. The average Bonchev–Trinajstić information content (AvgIpc) is 3.20. The normalized spacial score (nSPS) is 27.0. The molecule has 108 valence electrons. The number of carbonyl (C=O) groups excluding carboxylic acids is 1. The van der Waals surface area contributed by atoms with Gasteiger partial charge in [-0.15, -0.1) is 11.3 Å². The molecule has 0 radical (unpaired) electrons. The van der Waals surface area contributed by atoms with E-state index < -0.39 is 0 Å². The van der Waals surface area contributed by atoms with E-state index in [0.29, 0.717) is 11.8 Å². The highest BCUT2D eigenvalue weighted by molar-refractivity contribution is 7.13. The Balaban J connectivity index is 1.65. The van der Waals surface area contributed by atoms with Crippen molar-refractivity contribution in [1.82, 2.24) is 4.98 Å². The van der Waals surface area contributed by atoms with Gasteiger partial charge in [-0.1, -0.05) is 25.5 Å². The second-order valence-electron chi connectivity index (χ2n) is 6.91. The summed E-state index contributed by atoms with van der Waals surface area (Å²) in [6.07, 6.45) is 4.71. The highest BCUT2D eigenvalue weighted by Crippen LogP contribution is 2.59. The SMILES string of the molecule is CC(C)=C[C@@H]1[C@H](C(=O)Nc2nc(C3CC3)cs2)C1(C)C. The number of nitrogens with zero attached hydrogens (tertiary/aromatic N) is 1. The zero-order valence-electron chi connectivity index (χ0n) is 12.6. The molecular formula is C16H22N2OS. The molecule has 0 saturated heterocycles. The summed E-state index contributed by atoms with van der Waals surface area (Å²) in [5.74, 6) is 1.20. The van der Waals surface area contributed by atoms with Gasteiger partial charge in [0.15, 0.2) is 5.13 Å². The van der Waals surface area contributed by atoms with E-state index in [9.17, 15) is 4.79 Å². The van der Waals surface area contributed by atoms with Crippen LogP contribution in [0.5, 0.6) is 0 Å². The summed E-state index contributed by atoms with van der Waals surface area (Å²) in [5.41, 5.74) is 2.50. The number of aromatic nitrogens is 1. The summed E-state index contributed by atoms with van der Waals surface area (Å²) in [6, 6.07) is 0. The van der Waals surface area contributed by atoms with Crippen LogP contribution in [0.25, 0.3) is 0 Å². The lowest BCUT2D eigenvalue weighted by molar-refractivity contribution is -0.118. The van der Waals surface area contributed by atoms with Crippen molar-refractivity contribution >= 4 is 22.4 Å². The van der Waals surface area contributed by atoms with Crippen molar-refractivity contribution < 1.29 is 4.79 Å². The number of thiazole rings is 1. The van der Waals surface area contributed by atoms with Crippen LogP contribution in [-0.2, 0) is 4.79 Å². The van der Waals surface area contributed by atoms with Gasteiger partial charge in [0.2, 0.25) is 5.91 Å². The third-order valence-corrected chi connectivity index (χ3v) is 5.23. The van der Waals surface area contributed by atoms with E-state index in [0.717, 1.165) is 10.8 Å². The summed E-state index contributed by atoms with van der Waals surface area (Å²) in [5, 5.41) is 5.85. The molecular weight excluding hydrogens is 268 g/mol. The maximum atomic E-state index is 12.4. The molecule has 1 heterocycles. The Morgan fingerprint density at radius 2 is 2.15 bits per heavy atom. The van der Waals surface area contributed by atoms with Gasteiger partial charge in [0.1, 0.15) is 0 Å². The fraction of sp³-hybridized carbons (Fsp3) is 0.625. The van der Waals surface area contributed by atoms with E-state index in [1.54, 1.807) is 11.3 Å². The van der Waals surface area contributed by atoms with Gasteiger partial charge in [0.05, 0.1) is 11.6 Å². The molecule has 3 rings (SSSR count). The van der Waals surface area contributed by atoms with E-state index >= 15 is 0 Å². The number of anilines is 1. The Morgan fingerprint density at radius 1 is 1.45 bits per heavy atom. The minimum Gasteiger partial charge on any atom is -0.302 e. The van der Waals surface area contributed by atoms with Crippen molar-refractivity contribution in [2.24, 2.45) is 17.3 Å². The first-order chi connectivity index (χ1) is 9.39. The summed E-state index contributed by atoms with van der Waals surface area (Å²) in [4.78, 5) is 16.9. The first-order valence-electron chi connectivity index (χ1n) is 7.31. The molecule has 2 aliphatic carbocycles. The summed E-state index contributed by atoms with van der Waals surface area (Å²) >= 11 is 1.55. The van der Waals surface area contributed by atoms with Crippen molar-refractivity contribution in [2.75, 3.05) is 5.32 Å². The van der Waals surface area contributed by atoms with Crippen molar-refractivity contribution in [3.8, 4) is 0 Å². The molecule has 1 amide bonds. The molecule has 0 unspecified atom stereocenters. The number of rotatable bonds is 4. The van der Waals surface area contributed by atoms with Crippen molar-refractivity contribution in [3.05, 3.63) is 22.7 Å². The summed E-state index contributed by atoms with van der Waals surface area (Å²) in [6.45, 7) is 8.51. The van der Waals surface area contributed by atoms with Crippen molar-refractivity contribution in [2.45, 2.75) is 46.5 Å². The molecule has 2 atom stereocenters. The molecule has 0 aliphatic heterocycles. The van der Waals surface area contributed by atoms with Crippen LogP contribution in [0.3, 0.4) is 0 Å². The molecule has 0 aromatic carbocycles. The van der Waals surface area contributed by atoms with Crippen LogP contribution in [0.15, 0.2) is 17.0 Å². The summed E-state index contributed by atoms with van der Waals surface area (Å²) < 4.78 is 0. The molecule has 1 aromatic rings. The van der Waals surface area contributed by atoms with Crippen LogP contribution >= 0.6 is 11.3 Å². The predicted molar refractivity (Wildman–Crippen MR) is 82.9 cm³/mol. The lowest BCUT2D eigenvalue weighted by Gasteiger charge is -2.02. The Bertz CT molecular complexity index is 565. The first kappa shape index (κ1) is 13.8. The van der Waals surface area contributed by atoms with Crippen LogP contribution in [0, 0.1) is 17.3 Å². The maximum absolute atomic E-state index is 12.4. The zero-order chi connectivity index (χ0) is 14.5. The largest absolute Gasteiger partial charge is 0.302 e. The lowest BCUT2D eigenvalue weighted by Crippen LogP contribution is -2.16. The predicted octanol–water partition coefficient (Wildman–Crippen LogP) is 4.20. The van der Waals surface area contributed by atoms with Gasteiger partial charge in [-0.25, -0.2) is 4.98 Å². The molecule has 3 nitrogen and oxygen atoms in total. The highest BCUT2D eigenvalue weighted by atomic mass is 32.1. The average molecular weight is 290 g/mol. The first-order valence-corrected chi connectivity index (χ1v) is 8.19. The van der Waals surface area contributed by atoms with E-state index in [1.165, 1.54) is 18.4 Å². The van der Waals surface area contributed by atoms with Gasteiger partial charge < -0.3 is 5.32 Å². The molecule has 1 N–H and O–H groups in total. The fourth-order valence-electron chi connectivity index (χ4n) is 2.94. The number of hydrogen-bond donors (Lipinski definition) is 1. The second-order valence-corrected chi connectivity index (χ2v) is 7.77. The molecule has 0 bridgehead atoms. The van der Waals surface area contributed by atoms with E-state index in [4.69, 9.17) is 0 Å². The van der Waals surface area contributed by atoms with Gasteiger partial charge in [-0.3, -0.25) is 4.79 Å². The molecule has 4 heteroatoms. The number of amides is 1. The number of carbonyl (C=O) groups is 1. The molecule has 2 fully saturated rings. The minimum absolute atomic E-state index is 0.0674. The van der Waals surface area contributed by atoms with E-state index in [-0.39, 0.29) is 17.2 Å². The molecule has 2 aliphatic rings. The van der Waals surface area contributed by atoms with E-state index in [1.807, 2.05) is 0 Å². The van der Waals surface area contributed by atoms with Gasteiger partial charge in [0.25, 0.3) is 0 Å². The van der Waals surface area contributed by atoms with Gasteiger partial charge in [-0.2, -0.15) is 0 Å². The monoisotopic (exact) mass is 290 g/mol. The van der Waals surface area contributed by atoms with Crippen LogP contribution < -0.4 is 5.32 Å². The fourth-order valence-corrected chi connectivity index (χ4v) is 3.74. The number of nitrogens with one attached hydrogen (secondary N) is 1. The Hall–Kier alpha value is -1.16. The van der Waals surface area contributed by atoms with E-state index in [2.05, 4.69) is 49.5 Å². The van der Waals surface area contributed by atoms with Crippen molar-refractivity contribution in [3.63, 3.8) is 0 Å². The second kappa shape index (κ2) is 4.69. The number of allylic oxidation sites excluding steroid dienone is 2. The Morgan fingerprint density at radius 3 is 2.75 bits per heavy atom. The lowest BCUT2D eigenvalue weighted by atomic mass is 10.1. The Kier molecular flexibility index (Phi) is 3.24. The maximum Gasteiger partial charge on any atom is 0.230 e. The topological polar surface area (TPSA) is 42.0 Å². The van der Waals surface area contributed by atoms with Crippen LogP contribution in [0.4, 0.5) is 5.13 Å². The number of hydrogen-bond acceptors (Lipinski definition) is 3. The molecule has 1 aromatic heterocycles. The summed E-state index contributed by atoms with van der Waals surface area (Å²) in [7, 11) is 0. The van der Waals surface area contributed by atoms with Crippen LogP contribution in [0.1, 0.15) is 52.1 Å². The molecule has 20 heavy (non-hydrogen) atoms. The van der Waals surface area contributed by atoms with Gasteiger partial charge in [-0.05, 0) is 38.0 Å². The minimum atomic E-state index is 0.0674. The molecule has 0 spiro atoms. The van der Waals surface area contributed by atoms with Crippen molar-refractivity contribution in [1.29, 1.82) is 0 Å².